The van der Waals surface area contributed by atoms with Crippen LogP contribution < -0.4 is 5.32 Å². The molecule has 3 rings (SSSR count). The van der Waals surface area contributed by atoms with E-state index >= 15 is 0 Å². The van der Waals surface area contributed by atoms with Crippen LogP contribution >= 0.6 is 27.5 Å². The van der Waals surface area contributed by atoms with Gasteiger partial charge in [0.05, 0.1) is 5.02 Å². The van der Waals surface area contributed by atoms with Gasteiger partial charge in [-0.2, -0.15) is 0 Å². The molecule has 2 N–H and O–H groups in total. The number of hydrogen-bond donors (Lipinski definition) is 2. The summed E-state index contributed by atoms with van der Waals surface area (Å²) in [4.78, 5) is 14.1. The first kappa shape index (κ1) is 17.3. The number of aliphatic carboxylic acids is 1. The van der Waals surface area contributed by atoms with Crippen molar-refractivity contribution < 1.29 is 9.90 Å². The first-order chi connectivity index (χ1) is 11.5. The highest BCUT2D eigenvalue weighted by molar-refractivity contribution is 9.10. The molecule has 6 heteroatoms. The molecule has 1 saturated heterocycles. The predicted octanol–water partition coefficient (Wildman–Crippen LogP) is 4.24. The molecule has 2 aromatic rings. The molecule has 0 aliphatic carbocycles. The molecule has 4 nitrogen and oxygen atoms in total. The molecule has 126 valence electrons. The molecular weight excluding hydrogens is 392 g/mol. The van der Waals surface area contributed by atoms with Crippen LogP contribution in [0.1, 0.15) is 12.0 Å². The molecule has 1 atom stereocenters. The minimum Gasteiger partial charge on any atom is -0.479 e. The molecule has 0 aromatic heterocycles. The van der Waals surface area contributed by atoms with Gasteiger partial charge in [-0.1, -0.05) is 41.9 Å². The lowest BCUT2D eigenvalue weighted by molar-refractivity contribution is -0.141. The van der Waals surface area contributed by atoms with Crippen molar-refractivity contribution in [2.45, 2.75) is 18.5 Å². The third-order valence-corrected chi connectivity index (χ3v) is 5.52. The Bertz CT molecular complexity index is 741. The Balaban J connectivity index is 1.75. The normalized spacial score (nSPS) is 20.9. The van der Waals surface area contributed by atoms with Gasteiger partial charge in [0.25, 0.3) is 0 Å². The summed E-state index contributed by atoms with van der Waals surface area (Å²) in [6.07, 6.45) is 0.551. The summed E-state index contributed by atoms with van der Waals surface area (Å²) in [7, 11) is 0. The highest BCUT2D eigenvalue weighted by Gasteiger charge is 2.44. The fraction of sp³-hybridized carbons (Fsp3) is 0.278. The maximum atomic E-state index is 12.0. The standard InChI is InChI=1S/C18H18BrClN2O2/c19-15-10-14(6-7-16(15)20)21-18(17(23)24)8-9-22(12-18)11-13-4-2-1-3-5-13/h1-7,10,21H,8-9,11-12H2,(H,23,24). The molecule has 0 saturated carbocycles. The summed E-state index contributed by atoms with van der Waals surface area (Å²) in [5, 5.41) is 13.6. The molecule has 0 bridgehead atoms. The largest absolute Gasteiger partial charge is 0.479 e. The molecule has 1 fully saturated rings. The van der Waals surface area contributed by atoms with Crippen LogP contribution in [0.25, 0.3) is 0 Å². The Morgan fingerprint density at radius 1 is 1.29 bits per heavy atom. The number of nitrogens with one attached hydrogen (secondary N) is 1. The number of anilines is 1. The van der Waals surface area contributed by atoms with E-state index in [4.69, 9.17) is 11.6 Å². The van der Waals surface area contributed by atoms with E-state index in [2.05, 4.69) is 38.3 Å². The van der Waals surface area contributed by atoms with E-state index in [1.165, 1.54) is 5.56 Å². The van der Waals surface area contributed by atoms with Crippen LogP contribution in [0.3, 0.4) is 0 Å². The van der Waals surface area contributed by atoms with Crippen molar-refractivity contribution in [1.82, 2.24) is 4.90 Å². The molecule has 24 heavy (non-hydrogen) atoms. The summed E-state index contributed by atoms with van der Waals surface area (Å²) in [5.41, 5.74) is 0.949. The number of nitrogens with zero attached hydrogens (tertiary/aromatic N) is 1. The maximum absolute atomic E-state index is 12.0. The van der Waals surface area contributed by atoms with E-state index in [9.17, 15) is 9.90 Å². The lowest BCUT2D eigenvalue weighted by Gasteiger charge is -2.27. The fourth-order valence-electron chi connectivity index (χ4n) is 3.05. The molecule has 1 unspecified atom stereocenters. The molecule has 1 heterocycles. The summed E-state index contributed by atoms with van der Waals surface area (Å²) in [6.45, 7) is 1.95. The zero-order valence-corrected chi connectivity index (χ0v) is 15.3. The van der Waals surface area contributed by atoms with E-state index in [-0.39, 0.29) is 0 Å². The average molecular weight is 410 g/mol. The van der Waals surface area contributed by atoms with Gasteiger partial charge in [0.15, 0.2) is 0 Å². The minimum atomic E-state index is -0.984. The maximum Gasteiger partial charge on any atom is 0.330 e. The molecule has 1 aliphatic rings. The lowest BCUT2D eigenvalue weighted by atomic mass is 9.98. The number of carboxylic acid groups (broad SMARTS) is 1. The third kappa shape index (κ3) is 3.74. The third-order valence-electron chi connectivity index (χ3n) is 4.31. The van der Waals surface area contributed by atoms with Crippen LogP contribution in [0.15, 0.2) is 53.0 Å². The van der Waals surface area contributed by atoms with Gasteiger partial charge >= 0.3 is 5.97 Å². The quantitative estimate of drug-likeness (QED) is 0.775. The van der Waals surface area contributed by atoms with Crippen molar-refractivity contribution in [2.24, 2.45) is 0 Å². The van der Waals surface area contributed by atoms with E-state index in [0.29, 0.717) is 18.0 Å². The number of halogens is 2. The Morgan fingerprint density at radius 3 is 2.71 bits per heavy atom. The van der Waals surface area contributed by atoms with Crippen molar-refractivity contribution in [3.05, 3.63) is 63.6 Å². The fourth-order valence-corrected chi connectivity index (χ4v) is 3.54. The van der Waals surface area contributed by atoms with Crippen molar-refractivity contribution in [3.8, 4) is 0 Å². The molecular formula is C18H18BrClN2O2. The summed E-state index contributed by atoms with van der Waals surface area (Å²) in [6, 6.07) is 15.5. The van der Waals surface area contributed by atoms with Crippen LogP contribution in [0, 0.1) is 0 Å². The van der Waals surface area contributed by atoms with E-state index < -0.39 is 11.5 Å². The zero-order valence-electron chi connectivity index (χ0n) is 13.0. The highest BCUT2D eigenvalue weighted by atomic mass is 79.9. The van der Waals surface area contributed by atoms with E-state index in [1.807, 2.05) is 24.3 Å². The average Bonchev–Trinajstić information content (AvgIpc) is 2.96. The van der Waals surface area contributed by atoms with Crippen molar-refractivity contribution in [2.75, 3.05) is 18.4 Å². The van der Waals surface area contributed by atoms with Crippen LogP contribution in [0.5, 0.6) is 0 Å². The monoisotopic (exact) mass is 408 g/mol. The Kier molecular flexibility index (Phi) is 5.13. The van der Waals surface area contributed by atoms with Crippen molar-refractivity contribution in [3.63, 3.8) is 0 Å². The molecule has 0 radical (unpaired) electrons. The second-order valence-corrected chi connectivity index (χ2v) is 7.35. The number of rotatable bonds is 5. The Labute approximate surface area is 154 Å². The number of carbonyl (C=O) groups is 1. The zero-order chi connectivity index (χ0) is 17.2. The van der Waals surface area contributed by atoms with Gasteiger partial charge in [-0.3, -0.25) is 4.90 Å². The van der Waals surface area contributed by atoms with Crippen molar-refractivity contribution >= 4 is 39.2 Å². The van der Waals surface area contributed by atoms with Gasteiger partial charge in [-0.05, 0) is 46.1 Å². The molecule has 2 aromatic carbocycles. The predicted molar refractivity (Wildman–Crippen MR) is 99.5 cm³/mol. The van der Waals surface area contributed by atoms with Gasteiger partial charge in [0.2, 0.25) is 0 Å². The van der Waals surface area contributed by atoms with Gasteiger partial charge in [-0.15, -0.1) is 0 Å². The first-order valence-electron chi connectivity index (χ1n) is 7.71. The van der Waals surface area contributed by atoms with Crippen LogP contribution in [-0.4, -0.2) is 34.6 Å². The van der Waals surface area contributed by atoms with Gasteiger partial charge in [-0.25, -0.2) is 4.79 Å². The van der Waals surface area contributed by atoms with Crippen LogP contribution in [0.4, 0.5) is 5.69 Å². The van der Waals surface area contributed by atoms with E-state index in [1.54, 1.807) is 12.1 Å². The smallest absolute Gasteiger partial charge is 0.330 e. The van der Waals surface area contributed by atoms with Crippen LogP contribution in [-0.2, 0) is 11.3 Å². The van der Waals surface area contributed by atoms with Gasteiger partial charge in [0, 0.05) is 29.8 Å². The lowest BCUT2D eigenvalue weighted by Crippen LogP contribution is -2.48. The van der Waals surface area contributed by atoms with E-state index in [0.717, 1.165) is 23.2 Å². The Morgan fingerprint density at radius 2 is 2.04 bits per heavy atom. The highest BCUT2D eigenvalue weighted by Crippen LogP contribution is 2.31. The minimum absolute atomic E-state index is 0.456. The topological polar surface area (TPSA) is 52.6 Å². The molecule has 0 amide bonds. The Hall–Kier alpha value is -1.56. The van der Waals surface area contributed by atoms with Crippen molar-refractivity contribution in [1.29, 1.82) is 0 Å². The first-order valence-corrected chi connectivity index (χ1v) is 8.88. The summed E-state index contributed by atoms with van der Waals surface area (Å²) >= 11 is 9.39. The van der Waals surface area contributed by atoms with Crippen LogP contribution in [0.2, 0.25) is 5.02 Å². The summed E-state index contributed by atoms with van der Waals surface area (Å²) in [5.74, 6) is -0.830. The molecule has 0 spiro atoms. The number of likely N-dealkylation sites (tertiary alicyclic amines) is 1. The SMILES string of the molecule is O=C(O)C1(Nc2ccc(Cl)c(Br)c2)CCN(Cc2ccccc2)C1. The second-order valence-electron chi connectivity index (χ2n) is 6.09. The number of benzene rings is 2. The number of hydrogen-bond acceptors (Lipinski definition) is 3. The summed E-state index contributed by atoms with van der Waals surface area (Å²) < 4.78 is 0.744. The molecule has 1 aliphatic heterocycles. The number of carboxylic acids is 1. The second kappa shape index (κ2) is 7.13. The van der Waals surface area contributed by atoms with Gasteiger partial charge in [0.1, 0.15) is 5.54 Å². The van der Waals surface area contributed by atoms with Gasteiger partial charge < -0.3 is 10.4 Å².